The summed E-state index contributed by atoms with van der Waals surface area (Å²) in [5, 5.41) is 12.7. The van der Waals surface area contributed by atoms with Crippen LogP contribution in [0.15, 0.2) is 272 Å². The van der Waals surface area contributed by atoms with Crippen LogP contribution >= 0.6 is 0 Å². The van der Waals surface area contributed by atoms with Crippen LogP contribution in [-0.2, 0) is 0 Å². The van der Waals surface area contributed by atoms with Gasteiger partial charge in [-0.2, -0.15) is 0 Å². The van der Waals surface area contributed by atoms with Gasteiger partial charge in [-0.3, -0.25) is 0 Å². The highest BCUT2D eigenvalue weighted by molar-refractivity contribution is 6.25. The molecule has 4 heterocycles. The average molecular weight is 1110 g/mol. The third-order valence-electron chi connectivity index (χ3n) is 17.8. The maximum atomic E-state index is 7.05. The van der Waals surface area contributed by atoms with Crippen LogP contribution in [-0.4, -0.2) is 0 Å². The minimum absolute atomic E-state index is 0.399. The van der Waals surface area contributed by atoms with E-state index < -0.39 is 0 Å². The first-order valence-electron chi connectivity index (χ1n) is 29.7. The van der Waals surface area contributed by atoms with Gasteiger partial charge in [-0.1, -0.05) is 185 Å². The third-order valence-corrected chi connectivity index (χ3v) is 17.8. The molecule has 0 spiro atoms. The standard InChI is InChI=1S/C80H56N2O4/c1-47(2)49-27-33-57(34-28-49)81(70-25-13-23-65-63-21-11-19-61(76(63)85-78(65)70)51-15-7-5-8-16-51)59-37-31-53-43-68-67-39-40-72-75(80(67)84-73(68)45-55(53)41-59)69-44-54-32-38-60(42-56(54)46-74(69)83-72)82(58-35-29-50(30-36-58)48(3)4)71-26-14-24-66-64-22-12-20-62(77(64)86-79(66)71)52-17-9-6-10-18-52/h5-48H,1-4H3. The van der Waals surface area contributed by atoms with E-state index in [1.54, 1.807) is 0 Å². The van der Waals surface area contributed by atoms with Gasteiger partial charge in [-0.25, -0.2) is 0 Å². The number of furan rings is 4. The van der Waals surface area contributed by atoms with Crippen LogP contribution in [0.4, 0.5) is 34.1 Å². The molecule has 86 heavy (non-hydrogen) atoms. The lowest BCUT2D eigenvalue weighted by Gasteiger charge is -2.26. The third kappa shape index (κ3) is 7.86. The Labute approximate surface area is 495 Å². The van der Waals surface area contributed by atoms with Gasteiger partial charge in [0, 0.05) is 71.6 Å². The molecule has 0 bridgehead atoms. The number of fused-ring (bicyclic) bond motifs is 15. The molecule has 0 amide bonds. The van der Waals surface area contributed by atoms with Crippen LogP contribution in [0.2, 0.25) is 0 Å². The van der Waals surface area contributed by atoms with Gasteiger partial charge in [0.15, 0.2) is 11.2 Å². The van der Waals surface area contributed by atoms with Gasteiger partial charge in [0.2, 0.25) is 0 Å². The topological polar surface area (TPSA) is 59.0 Å². The lowest BCUT2D eigenvalue weighted by molar-refractivity contribution is 0.663. The number of nitrogens with zero attached hydrogens (tertiary/aromatic N) is 2. The summed E-state index contributed by atoms with van der Waals surface area (Å²) >= 11 is 0. The van der Waals surface area contributed by atoms with Crippen molar-refractivity contribution in [2.24, 2.45) is 0 Å². The molecule has 17 rings (SSSR count). The first-order valence-corrected chi connectivity index (χ1v) is 29.7. The van der Waals surface area contributed by atoms with E-state index in [9.17, 15) is 0 Å². The van der Waals surface area contributed by atoms with Gasteiger partial charge in [0.05, 0.1) is 16.8 Å². The molecule has 0 aliphatic heterocycles. The van der Waals surface area contributed by atoms with Crippen LogP contribution < -0.4 is 9.80 Å². The molecule has 0 aliphatic carbocycles. The summed E-state index contributed by atoms with van der Waals surface area (Å²) in [6, 6.07) is 91.3. The summed E-state index contributed by atoms with van der Waals surface area (Å²) in [6.07, 6.45) is 0. The predicted molar refractivity (Wildman–Crippen MR) is 359 cm³/mol. The van der Waals surface area contributed by atoms with Crippen molar-refractivity contribution in [2.45, 2.75) is 39.5 Å². The Kier molecular flexibility index (Phi) is 11.2. The molecule has 6 nitrogen and oxygen atoms in total. The summed E-state index contributed by atoms with van der Waals surface area (Å²) in [5.74, 6) is 0.799. The summed E-state index contributed by atoms with van der Waals surface area (Å²) in [4.78, 5) is 4.66. The highest BCUT2D eigenvalue weighted by atomic mass is 16.3. The zero-order valence-electron chi connectivity index (χ0n) is 47.9. The van der Waals surface area contributed by atoms with E-state index in [-0.39, 0.29) is 0 Å². The van der Waals surface area contributed by atoms with E-state index in [0.717, 1.165) is 166 Å². The van der Waals surface area contributed by atoms with Crippen molar-refractivity contribution in [3.05, 3.63) is 266 Å². The fourth-order valence-corrected chi connectivity index (χ4v) is 13.4. The van der Waals surface area contributed by atoms with Crippen LogP contribution in [0, 0.1) is 0 Å². The van der Waals surface area contributed by atoms with Crippen LogP contribution in [0.25, 0.3) is 132 Å². The number of benzene rings is 13. The number of rotatable bonds is 10. The molecule has 0 fully saturated rings. The minimum Gasteiger partial charge on any atom is -0.456 e. The predicted octanol–water partition coefficient (Wildman–Crippen LogP) is 24.1. The van der Waals surface area contributed by atoms with Crippen LogP contribution in [0.5, 0.6) is 0 Å². The Morgan fingerprint density at radius 1 is 0.267 bits per heavy atom. The quantitative estimate of drug-likeness (QED) is 0.136. The molecule has 17 aromatic rings. The van der Waals surface area contributed by atoms with Gasteiger partial charge < -0.3 is 27.5 Å². The number of anilines is 6. The zero-order chi connectivity index (χ0) is 57.3. The van der Waals surface area contributed by atoms with Crippen molar-refractivity contribution in [3.63, 3.8) is 0 Å². The Hall–Kier alpha value is -10.8. The summed E-state index contributed by atoms with van der Waals surface area (Å²) in [6.45, 7) is 8.94. The number of hydrogen-bond donors (Lipinski definition) is 0. The van der Waals surface area contributed by atoms with Gasteiger partial charge in [-0.15, -0.1) is 0 Å². The van der Waals surface area contributed by atoms with Gasteiger partial charge >= 0.3 is 0 Å². The molecule has 0 saturated carbocycles. The molecule has 0 radical (unpaired) electrons. The second kappa shape index (κ2) is 19.4. The molecule has 0 unspecified atom stereocenters. The molecule has 0 atom stereocenters. The molecule has 6 heteroatoms. The van der Waals surface area contributed by atoms with Crippen molar-refractivity contribution < 1.29 is 17.7 Å². The van der Waals surface area contributed by atoms with E-state index >= 15 is 0 Å². The van der Waals surface area contributed by atoms with Crippen molar-refractivity contribution in [3.8, 4) is 22.3 Å². The molecule has 0 saturated heterocycles. The zero-order valence-corrected chi connectivity index (χ0v) is 47.9. The van der Waals surface area contributed by atoms with Crippen molar-refractivity contribution in [1.29, 1.82) is 0 Å². The fraction of sp³-hybridized carbons (Fsp3) is 0.0750. The SMILES string of the molecule is CC(C)c1ccc(N(c2ccc3cc4c(cc3c2)oc2c4ccc3oc4cc5cc(N(c6ccc(C(C)C)cc6)c6cccc7c6oc6c(-c8ccccc8)cccc67)ccc5cc4c32)c2cccc3c2oc2c(-c4ccccc4)cccc23)cc1. The largest absolute Gasteiger partial charge is 0.456 e. The summed E-state index contributed by atoms with van der Waals surface area (Å²) in [7, 11) is 0. The molecule has 410 valence electrons. The molecule has 13 aromatic carbocycles. The van der Waals surface area contributed by atoms with Crippen LogP contribution in [0.1, 0.15) is 50.7 Å². The first kappa shape index (κ1) is 49.8. The maximum absolute atomic E-state index is 7.05. The Morgan fingerprint density at radius 3 is 1.19 bits per heavy atom. The average Bonchev–Trinajstić information content (AvgIpc) is 1.76. The molecule has 0 aliphatic rings. The summed E-state index contributed by atoms with van der Waals surface area (Å²) < 4.78 is 27.9. The van der Waals surface area contributed by atoms with Crippen molar-refractivity contribution >= 4 is 143 Å². The normalized spacial score (nSPS) is 12.2. The lowest BCUT2D eigenvalue weighted by atomic mass is 10.0. The van der Waals surface area contributed by atoms with E-state index in [0.29, 0.717) is 11.8 Å². The first-order chi connectivity index (χ1) is 42.3. The second-order valence-electron chi connectivity index (χ2n) is 23.6. The number of para-hydroxylation sites is 4. The Bertz CT molecular complexity index is 5530. The highest BCUT2D eigenvalue weighted by Crippen LogP contribution is 2.49. The second-order valence-corrected chi connectivity index (χ2v) is 23.6. The van der Waals surface area contributed by atoms with Crippen molar-refractivity contribution in [2.75, 3.05) is 9.80 Å². The molecule has 4 aromatic heterocycles. The highest BCUT2D eigenvalue weighted by Gasteiger charge is 2.25. The molecular formula is C80H56N2O4. The van der Waals surface area contributed by atoms with E-state index in [4.69, 9.17) is 17.7 Å². The van der Waals surface area contributed by atoms with E-state index in [2.05, 4.69) is 292 Å². The Balaban J connectivity index is 0.783. The van der Waals surface area contributed by atoms with Crippen molar-refractivity contribution in [1.82, 2.24) is 0 Å². The van der Waals surface area contributed by atoms with Gasteiger partial charge in [0.25, 0.3) is 0 Å². The number of hydrogen-bond acceptors (Lipinski definition) is 6. The summed E-state index contributed by atoms with van der Waals surface area (Å²) in [5.41, 5.74) is 19.6. The fourth-order valence-electron chi connectivity index (χ4n) is 13.4. The Morgan fingerprint density at radius 2 is 0.698 bits per heavy atom. The maximum Gasteiger partial charge on any atom is 0.159 e. The van der Waals surface area contributed by atoms with Crippen LogP contribution in [0.3, 0.4) is 0 Å². The van der Waals surface area contributed by atoms with E-state index in [1.165, 1.54) is 11.1 Å². The van der Waals surface area contributed by atoms with E-state index in [1.807, 2.05) is 0 Å². The molecule has 0 N–H and O–H groups in total. The van der Waals surface area contributed by atoms with Gasteiger partial charge in [0.1, 0.15) is 33.5 Å². The smallest absolute Gasteiger partial charge is 0.159 e. The lowest BCUT2D eigenvalue weighted by Crippen LogP contribution is -2.10. The van der Waals surface area contributed by atoms with Gasteiger partial charge in [-0.05, 0) is 153 Å². The molecular weight excluding hydrogens is 1050 g/mol. The monoisotopic (exact) mass is 1110 g/mol. The minimum atomic E-state index is 0.399.